The number of pyridine rings is 2. The maximum atomic E-state index is 14.5. The molecule has 2 N–H and O–H groups in total. The third-order valence-corrected chi connectivity index (χ3v) is 5.66. The number of nitrogens with zero attached hydrogens (tertiary/aromatic N) is 2. The SMILES string of the molecule is Cc1c(C2(C(=O)N[C@H](C)c3cccc(C#N)n3)CC2)c(=O)[nH]c2ccc(F)c(F)c12. The number of aromatic amines is 1. The third-order valence-electron chi connectivity index (χ3n) is 5.66. The predicted molar refractivity (Wildman–Crippen MR) is 106 cm³/mol. The molecule has 1 amide bonds. The highest BCUT2D eigenvalue weighted by atomic mass is 19.2. The fourth-order valence-electron chi connectivity index (χ4n) is 3.96. The van der Waals surface area contributed by atoms with Crippen molar-refractivity contribution in [1.82, 2.24) is 15.3 Å². The lowest BCUT2D eigenvalue weighted by Crippen LogP contribution is -2.40. The van der Waals surface area contributed by atoms with Crippen molar-refractivity contribution in [2.75, 3.05) is 0 Å². The van der Waals surface area contributed by atoms with Gasteiger partial charge < -0.3 is 10.3 Å². The number of aryl methyl sites for hydroxylation is 1. The standard InChI is InChI=1S/C22H18F2N4O2/c1-11-17-16(7-6-14(23)19(17)24)28-20(29)18(11)22(8-9-22)21(30)26-12(2)15-5-3-4-13(10-25)27-15/h3-7,12H,8-9H2,1-2H3,(H,26,30)(H,28,29)/t12-/m1/s1. The van der Waals surface area contributed by atoms with Gasteiger partial charge in [0.15, 0.2) is 11.6 Å². The van der Waals surface area contributed by atoms with Gasteiger partial charge in [0.1, 0.15) is 11.8 Å². The van der Waals surface area contributed by atoms with Gasteiger partial charge in [-0.1, -0.05) is 6.07 Å². The van der Waals surface area contributed by atoms with Gasteiger partial charge in [0, 0.05) is 10.9 Å². The van der Waals surface area contributed by atoms with Crippen LogP contribution in [0.3, 0.4) is 0 Å². The minimum Gasteiger partial charge on any atom is -0.347 e. The first-order chi connectivity index (χ1) is 14.3. The second kappa shape index (κ2) is 7.02. The summed E-state index contributed by atoms with van der Waals surface area (Å²) >= 11 is 0. The molecule has 1 aliphatic carbocycles. The summed E-state index contributed by atoms with van der Waals surface area (Å²) in [4.78, 5) is 32.7. The number of carbonyl (C=O) groups excluding carboxylic acids is 1. The Morgan fingerprint density at radius 1 is 1.30 bits per heavy atom. The number of carbonyl (C=O) groups is 1. The second-order valence-corrected chi connectivity index (χ2v) is 7.57. The van der Waals surface area contributed by atoms with Crippen LogP contribution in [0.1, 0.15) is 48.3 Å². The van der Waals surface area contributed by atoms with Crippen LogP contribution in [0.2, 0.25) is 0 Å². The Morgan fingerprint density at radius 3 is 2.70 bits per heavy atom. The normalized spacial score (nSPS) is 15.4. The molecule has 1 fully saturated rings. The van der Waals surface area contributed by atoms with Crippen molar-refractivity contribution in [2.24, 2.45) is 0 Å². The van der Waals surface area contributed by atoms with Crippen molar-refractivity contribution in [3.63, 3.8) is 0 Å². The summed E-state index contributed by atoms with van der Waals surface area (Å²) in [5.74, 6) is -2.46. The number of hydrogen-bond acceptors (Lipinski definition) is 4. The average Bonchev–Trinajstić information content (AvgIpc) is 3.52. The molecule has 0 saturated heterocycles. The van der Waals surface area contributed by atoms with E-state index < -0.39 is 28.7 Å². The number of rotatable bonds is 4. The van der Waals surface area contributed by atoms with Crippen LogP contribution in [-0.4, -0.2) is 15.9 Å². The Morgan fingerprint density at radius 2 is 2.03 bits per heavy atom. The number of amides is 1. The van der Waals surface area contributed by atoms with Crippen LogP contribution in [0.15, 0.2) is 35.1 Å². The number of benzene rings is 1. The van der Waals surface area contributed by atoms with Gasteiger partial charge in [-0.15, -0.1) is 0 Å². The maximum absolute atomic E-state index is 14.5. The van der Waals surface area contributed by atoms with Crippen LogP contribution in [0.4, 0.5) is 8.78 Å². The summed E-state index contributed by atoms with van der Waals surface area (Å²) in [6.45, 7) is 3.26. The molecule has 30 heavy (non-hydrogen) atoms. The smallest absolute Gasteiger partial charge is 0.252 e. The van der Waals surface area contributed by atoms with E-state index in [1.54, 1.807) is 25.1 Å². The lowest BCUT2D eigenvalue weighted by molar-refractivity contribution is -0.124. The molecule has 3 aromatic rings. The first-order valence-corrected chi connectivity index (χ1v) is 9.47. The van der Waals surface area contributed by atoms with Crippen molar-refractivity contribution in [1.29, 1.82) is 5.26 Å². The minimum atomic E-state index is -1.11. The minimum absolute atomic E-state index is 0.0277. The van der Waals surface area contributed by atoms with E-state index in [-0.39, 0.29) is 33.6 Å². The van der Waals surface area contributed by atoms with E-state index in [4.69, 9.17) is 5.26 Å². The Labute approximate surface area is 170 Å². The number of aromatic nitrogens is 2. The summed E-state index contributed by atoms with van der Waals surface area (Å²) in [5, 5.41) is 11.8. The van der Waals surface area contributed by atoms with Crippen LogP contribution < -0.4 is 10.9 Å². The highest BCUT2D eigenvalue weighted by Gasteiger charge is 2.54. The van der Waals surface area contributed by atoms with Crippen molar-refractivity contribution in [3.05, 3.63) is 74.8 Å². The number of H-pyrrole nitrogens is 1. The predicted octanol–water partition coefficient (Wildman–Crippen LogP) is 3.29. The zero-order valence-corrected chi connectivity index (χ0v) is 16.3. The molecule has 8 heteroatoms. The van der Waals surface area contributed by atoms with Crippen molar-refractivity contribution in [3.8, 4) is 6.07 Å². The molecule has 1 aromatic carbocycles. The zero-order chi connectivity index (χ0) is 21.6. The summed E-state index contributed by atoms with van der Waals surface area (Å²) in [6, 6.07) is 8.64. The number of halogens is 2. The Balaban J connectivity index is 1.73. The van der Waals surface area contributed by atoms with Gasteiger partial charge in [-0.25, -0.2) is 13.8 Å². The molecular weight excluding hydrogens is 390 g/mol. The molecule has 0 bridgehead atoms. The van der Waals surface area contributed by atoms with Crippen molar-refractivity contribution >= 4 is 16.8 Å². The molecule has 1 saturated carbocycles. The van der Waals surface area contributed by atoms with Gasteiger partial charge in [-0.05, 0) is 56.5 Å². The molecule has 2 aromatic heterocycles. The Hall–Kier alpha value is -3.60. The third kappa shape index (κ3) is 3.03. The van der Waals surface area contributed by atoms with Crippen molar-refractivity contribution < 1.29 is 13.6 Å². The molecule has 4 rings (SSSR count). The van der Waals surface area contributed by atoms with Gasteiger partial charge in [0.25, 0.3) is 5.56 Å². The van der Waals surface area contributed by atoms with Gasteiger partial charge in [0.2, 0.25) is 5.91 Å². The molecule has 0 spiro atoms. The van der Waals surface area contributed by atoms with E-state index in [9.17, 15) is 18.4 Å². The highest BCUT2D eigenvalue weighted by molar-refractivity contribution is 5.94. The molecular formula is C22H18F2N4O2. The summed E-state index contributed by atoms with van der Waals surface area (Å²) in [7, 11) is 0. The second-order valence-electron chi connectivity index (χ2n) is 7.57. The van der Waals surface area contributed by atoms with Crippen LogP contribution in [-0.2, 0) is 10.2 Å². The first kappa shape index (κ1) is 19.7. The van der Waals surface area contributed by atoms with Crippen LogP contribution in [0, 0.1) is 29.9 Å². The van der Waals surface area contributed by atoms with Crippen LogP contribution in [0.25, 0.3) is 10.9 Å². The lowest BCUT2D eigenvalue weighted by atomic mass is 9.89. The van der Waals surface area contributed by atoms with Crippen LogP contribution in [0.5, 0.6) is 0 Å². The molecule has 2 heterocycles. The van der Waals surface area contributed by atoms with E-state index in [0.717, 1.165) is 6.07 Å². The summed E-state index contributed by atoms with van der Waals surface area (Å²) in [5.41, 5.74) is -0.257. The van der Waals surface area contributed by atoms with Gasteiger partial charge in [-0.2, -0.15) is 5.26 Å². The fourth-order valence-corrected chi connectivity index (χ4v) is 3.96. The molecule has 0 aliphatic heterocycles. The number of nitriles is 1. The number of hydrogen-bond donors (Lipinski definition) is 2. The fraction of sp³-hybridized carbons (Fsp3) is 0.273. The monoisotopic (exact) mass is 408 g/mol. The molecule has 0 unspecified atom stereocenters. The van der Waals surface area contributed by atoms with E-state index in [2.05, 4.69) is 15.3 Å². The quantitative estimate of drug-likeness (QED) is 0.692. The Bertz CT molecular complexity index is 1290. The van der Waals surface area contributed by atoms with Crippen LogP contribution >= 0.6 is 0 Å². The van der Waals surface area contributed by atoms with Crippen molar-refractivity contribution in [2.45, 2.75) is 38.1 Å². The largest absolute Gasteiger partial charge is 0.347 e. The Kier molecular flexibility index (Phi) is 4.61. The van der Waals surface area contributed by atoms with E-state index >= 15 is 0 Å². The lowest BCUT2D eigenvalue weighted by Gasteiger charge is -2.21. The average molecular weight is 408 g/mol. The molecule has 6 nitrogen and oxygen atoms in total. The summed E-state index contributed by atoms with van der Waals surface area (Å²) in [6.07, 6.45) is 0.840. The summed E-state index contributed by atoms with van der Waals surface area (Å²) < 4.78 is 28.2. The van der Waals surface area contributed by atoms with E-state index in [1.165, 1.54) is 13.0 Å². The molecule has 1 aliphatic rings. The van der Waals surface area contributed by atoms with Gasteiger partial charge >= 0.3 is 0 Å². The van der Waals surface area contributed by atoms with Gasteiger partial charge in [0.05, 0.1) is 22.7 Å². The first-order valence-electron chi connectivity index (χ1n) is 9.47. The van der Waals surface area contributed by atoms with Gasteiger partial charge in [-0.3, -0.25) is 9.59 Å². The van der Waals surface area contributed by atoms with E-state index in [1.807, 2.05) is 6.07 Å². The topological polar surface area (TPSA) is 98.6 Å². The number of fused-ring (bicyclic) bond motifs is 1. The number of nitrogens with one attached hydrogen (secondary N) is 2. The van der Waals surface area contributed by atoms with E-state index in [0.29, 0.717) is 18.5 Å². The molecule has 1 atom stereocenters. The molecule has 152 valence electrons. The highest BCUT2D eigenvalue weighted by Crippen LogP contribution is 2.49. The zero-order valence-electron chi connectivity index (χ0n) is 16.3. The molecule has 0 radical (unpaired) electrons. The maximum Gasteiger partial charge on any atom is 0.252 e.